The molecule has 0 aliphatic carbocycles. The molecule has 1 heterocycles. The van der Waals surface area contributed by atoms with Crippen LogP contribution in [0.5, 0.6) is 0 Å². The molecular formula is C21H26O4. The smallest absolute Gasteiger partial charge is 0.117 e. The molecule has 4 unspecified atom stereocenters. The third-order valence-electron chi connectivity index (χ3n) is 4.83. The van der Waals surface area contributed by atoms with Gasteiger partial charge in [-0.2, -0.15) is 0 Å². The summed E-state index contributed by atoms with van der Waals surface area (Å²) in [4.78, 5) is 0. The summed E-state index contributed by atoms with van der Waals surface area (Å²) in [5.41, 5.74) is 1.04. The van der Waals surface area contributed by atoms with Crippen molar-refractivity contribution in [2.24, 2.45) is 0 Å². The number of hydrogen-bond acceptors (Lipinski definition) is 4. The minimum Gasteiger partial charge on any atom is -0.385 e. The number of ether oxygens (including phenoxy) is 3. The minimum atomic E-state index is -1.12. The third-order valence-corrected chi connectivity index (χ3v) is 4.83. The van der Waals surface area contributed by atoms with Crippen LogP contribution in [0.2, 0.25) is 0 Å². The molecule has 2 aromatic carbocycles. The Kier molecular flexibility index (Phi) is 5.86. The van der Waals surface area contributed by atoms with Crippen LogP contribution in [-0.4, -0.2) is 35.6 Å². The molecule has 0 amide bonds. The predicted octanol–water partition coefficient (Wildman–Crippen LogP) is 3.33. The largest absolute Gasteiger partial charge is 0.385 e. The van der Waals surface area contributed by atoms with E-state index in [2.05, 4.69) is 0 Å². The van der Waals surface area contributed by atoms with E-state index in [1.165, 1.54) is 0 Å². The number of benzene rings is 2. The van der Waals surface area contributed by atoms with Crippen molar-refractivity contribution < 1.29 is 19.3 Å². The Morgan fingerprint density at radius 2 is 1.48 bits per heavy atom. The molecule has 4 heteroatoms. The zero-order valence-electron chi connectivity index (χ0n) is 14.8. The van der Waals surface area contributed by atoms with Crippen molar-refractivity contribution >= 4 is 0 Å². The first-order valence-corrected chi connectivity index (χ1v) is 8.72. The van der Waals surface area contributed by atoms with Crippen LogP contribution in [0.1, 0.15) is 25.0 Å². The first-order chi connectivity index (χ1) is 12.1. The minimum absolute atomic E-state index is 0.315. The standard InChI is InChI=1S/C21H26O4/c1-16-21(2,22)20(25-14-18-11-7-4-8-12-18)19(15-23-16)24-13-17-9-5-3-6-10-17/h3-12,16,19-20,22H,13-15H2,1-2H3. The van der Waals surface area contributed by atoms with Crippen LogP contribution in [-0.2, 0) is 27.4 Å². The van der Waals surface area contributed by atoms with Gasteiger partial charge in [-0.05, 0) is 25.0 Å². The molecule has 1 aliphatic heterocycles. The molecule has 4 nitrogen and oxygen atoms in total. The molecule has 0 saturated carbocycles. The maximum atomic E-state index is 10.9. The van der Waals surface area contributed by atoms with Crippen LogP contribution in [0.3, 0.4) is 0 Å². The van der Waals surface area contributed by atoms with Gasteiger partial charge in [0.05, 0.1) is 25.9 Å². The molecule has 0 spiro atoms. The molecule has 25 heavy (non-hydrogen) atoms. The van der Waals surface area contributed by atoms with Gasteiger partial charge in [-0.1, -0.05) is 60.7 Å². The van der Waals surface area contributed by atoms with Gasteiger partial charge >= 0.3 is 0 Å². The van der Waals surface area contributed by atoms with E-state index >= 15 is 0 Å². The Morgan fingerprint density at radius 1 is 0.960 bits per heavy atom. The van der Waals surface area contributed by atoms with E-state index in [9.17, 15) is 5.11 Å². The maximum absolute atomic E-state index is 10.9. The van der Waals surface area contributed by atoms with Gasteiger partial charge in [0.25, 0.3) is 0 Å². The summed E-state index contributed by atoms with van der Waals surface area (Å²) in [6, 6.07) is 19.9. The van der Waals surface area contributed by atoms with Crippen molar-refractivity contribution in [2.75, 3.05) is 6.61 Å². The molecule has 1 aliphatic rings. The summed E-state index contributed by atoms with van der Waals surface area (Å²) in [5, 5.41) is 10.9. The highest BCUT2D eigenvalue weighted by Gasteiger charge is 2.48. The summed E-state index contributed by atoms with van der Waals surface area (Å²) in [7, 11) is 0. The van der Waals surface area contributed by atoms with Gasteiger partial charge in [-0.25, -0.2) is 0 Å². The zero-order valence-corrected chi connectivity index (χ0v) is 14.8. The molecule has 0 radical (unpaired) electrons. The summed E-state index contributed by atoms with van der Waals surface area (Å²) in [6.45, 7) is 4.92. The average Bonchev–Trinajstić information content (AvgIpc) is 2.63. The second kappa shape index (κ2) is 8.11. The van der Waals surface area contributed by atoms with Crippen molar-refractivity contribution in [3.05, 3.63) is 71.8 Å². The maximum Gasteiger partial charge on any atom is 0.117 e. The summed E-state index contributed by atoms with van der Waals surface area (Å²) in [6.07, 6.45) is -1.10. The van der Waals surface area contributed by atoms with Crippen LogP contribution in [0.4, 0.5) is 0 Å². The van der Waals surface area contributed by atoms with Crippen LogP contribution in [0.15, 0.2) is 60.7 Å². The van der Waals surface area contributed by atoms with Crippen molar-refractivity contribution in [3.8, 4) is 0 Å². The molecule has 4 atom stereocenters. The molecule has 1 saturated heterocycles. The average molecular weight is 342 g/mol. The van der Waals surface area contributed by atoms with Gasteiger partial charge in [0.2, 0.25) is 0 Å². The Bertz CT molecular complexity index is 641. The van der Waals surface area contributed by atoms with Crippen LogP contribution in [0.25, 0.3) is 0 Å². The second-order valence-corrected chi connectivity index (χ2v) is 6.75. The highest BCUT2D eigenvalue weighted by Crippen LogP contribution is 2.31. The third kappa shape index (κ3) is 4.47. The lowest BCUT2D eigenvalue weighted by Crippen LogP contribution is -2.61. The van der Waals surface area contributed by atoms with E-state index in [1.54, 1.807) is 6.92 Å². The van der Waals surface area contributed by atoms with Gasteiger partial charge in [0, 0.05) is 0 Å². The fourth-order valence-corrected chi connectivity index (χ4v) is 3.05. The number of aliphatic hydroxyl groups is 1. The summed E-state index contributed by atoms with van der Waals surface area (Å²) >= 11 is 0. The lowest BCUT2D eigenvalue weighted by Gasteiger charge is -2.45. The van der Waals surface area contributed by atoms with Crippen LogP contribution < -0.4 is 0 Å². The van der Waals surface area contributed by atoms with Gasteiger partial charge in [-0.3, -0.25) is 0 Å². The molecule has 0 aromatic heterocycles. The number of hydrogen-bond donors (Lipinski definition) is 1. The number of rotatable bonds is 6. The van der Waals surface area contributed by atoms with Crippen LogP contribution >= 0.6 is 0 Å². The van der Waals surface area contributed by atoms with E-state index in [0.29, 0.717) is 19.8 Å². The second-order valence-electron chi connectivity index (χ2n) is 6.75. The zero-order chi connectivity index (χ0) is 17.7. The van der Waals surface area contributed by atoms with Gasteiger partial charge < -0.3 is 19.3 Å². The van der Waals surface area contributed by atoms with E-state index in [-0.39, 0.29) is 12.2 Å². The summed E-state index contributed by atoms with van der Waals surface area (Å²) in [5.74, 6) is 0. The SMILES string of the molecule is CC1OCC(OCc2ccccc2)C(OCc2ccccc2)C1(C)O. The first kappa shape index (κ1) is 18.1. The molecule has 2 aromatic rings. The Morgan fingerprint density at radius 3 is 2.04 bits per heavy atom. The first-order valence-electron chi connectivity index (χ1n) is 8.72. The van der Waals surface area contributed by atoms with Gasteiger partial charge in [0.1, 0.15) is 17.8 Å². The van der Waals surface area contributed by atoms with E-state index in [4.69, 9.17) is 14.2 Å². The van der Waals surface area contributed by atoms with Crippen molar-refractivity contribution in [2.45, 2.75) is 51.0 Å². The molecular weight excluding hydrogens is 316 g/mol. The van der Waals surface area contributed by atoms with E-state index in [0.717, 1.165) is 11.1 Å². The monoisotopic (exact) mass is 342 g/mol. The van der Waals surface area contributed by atoms with Gasteiger partial charge in [0.15, 0.2) is 0 Å². The Labute approximate surface area is 149 Å². The predicted molar refractivity (Wildman–Crippen MR) is 96.1 cm³/mol. The lowest BCUT2D eigenvalue weighted by molar-refractivity contribution is -0.259. The van der Waals surface area contributed by atoms with E-state index < -0.39 is 11.7 Å². The highest BCUT2D eigenvalue weighted by atomic mass is 16.6. The Balaban J connectivity index is 1.68. The van der Waals surface area contributed by atoms with E-state index in [1.807, 2.05) is 67.6 Å². The highest BCUT2D eigenvalue weighted by molar-refractivity contribution is 5.14. The topological polar surface area (TPSA) is 47.9 Å². The molecule has 3 rings (SSSR count). The lowest BCUT2D eigenvalue weighted by atomic mass is 9.87. The molecule has 134 valence electrons. The quantitative estimate of drug-likeness (QED) is 0.875. The molecule has 1 N–H and O–H groups in total. The van der Waals surface area contributed by atoms with Crippen molar-refractivity contribution in [1.29, 1.82) is 0 Å². The normalized spacial score (nSPS) is 29.5. The van der Waals surface area contributed by atoms with Crippen molar-refractivity contribution in [3.63, 3.8) is 0 Å². The fourth-order valence-electron chi connectivity index (χ4n) is 3.05. The van der Waals surface area contributed by atoms with Gasteiger partial charge in [-0.15, -0.1) is 0 Å². The Hall–Kier alpha value is -1.72. The fraction of sp³-hybridized carbons (Fsp3) is 0.429. The summed E-state index contributed by atoms with van der Waals surface area (Å²) < 4.78 is 17.9. The van der Waals surface area contributed by atoms with Crippen LogP contribution in [0, 0.1) is 0 Å². The molecule has 0 bridgehead atoms. The van der Waals surface area contributed by atoms with Crippen molar-refractivity contribution in [1.82, 2.24) is 0 Å². The molecule has 1 fully saturated rings.